The first-order valence-corrected chi connectivity index (χ1v) is 6.44. The van der Waals surface area contributed by atoms with Gasteiger partial charge < -0.3 is 9.47 Å². The topological polar surface area (TPSA) is 72.9 Å². The summed E-state index contributed by atoms with van der Waals surface area (Å²) in [5.41, 5.74) is 0.683. The molecule has 0 N–H and O–H groups in total. The second kappa shape index (κ2) is 6.69. The summed E-state index contributed by atoms with van der Waals surface area (Å²) in [7, 11) is 1.18. The highest BCUT2D eigenvalue weighted by Crippen LogP contribution is 2.15. The quantitative estimate of drug-likeness (QED) is 0.625. The molecule has 2 amide bonds. The van der Waals surface area contributed by atoms with Crippen molar-refractivity contribution in [2.24, 2.45) is 0 Å². The summed E-state index contributed by atoms with van der Waals surface area (Å²) in [5.74, 6) is -1.43. The van der Waals surface area contributed by atoms with E-state index in [2.05, 4.69) is 4.74 Å². The van der Waals surface area contributed by atoms with Gasteiger partial charge in [-0.05, 0) is 12.0 Å². The minimum Gasteiger partial charge on any atom is -0.457 e. The van der Waals surface area contributed by atoms with Gasteiger partial charge in [0.15, 0.2) is 0 Å². The third-order valence-corrected chi connectivity index (χ3v) is 3.00. The summed E-state index contributed by atoms with van der Waals surface area (Å²) < 4.78 is 9.60. The van der Waals surface area contributed by atoms with Crippen LogP contribution in [0.15, 0.2) is 42.0 Å². The van der Waals surface area contributed by atoms with E-state index >= 15 is 0 Å². The van der Waals surface area contributed by atoms with Crippen LogP contribution in [0.2, 0.25) is 0 Å². The SMILES string of the molecule is COC(=O)N1CCC=C(C(=O)OCc2ccccc2)C1=O. The Morgan fingerprint density at radius 1 is 1.24 bits per heavy atom. The number of carbonyl (C=O) groups excluding carboxylic acids is 3. The number of esters is 1. The van der Waals surface area contributed by atoms with E-state index in [4.69, 9.17) is 4.74 Å². The summed E-state index contributed by atoms with van der Waals surface area (Å²) in [4.78, 5) is 36.3. The molecule has 0 atom stereocenters. The van der Waals surface area contributed by atoms with Gasteiger partial charge in [-0.1, -0.05) is 36.4 Å². The second-order valence-corrected chi connectivity index (χ2v) is 4.40. The van der Waals surface area contributed by atoms with Gasteiger partial charge >= 0.3 is 12.1 Å². The summed E-state index contributed by atoms with van der Waals surface area (Å²) >= 11 is 0. The number of hydrogen-bond donors (Lipinski definition) is 0. The van der Waals surface area contributed by atoms with Crippen molar-refractivity contribution < 1.29 is 23.9 Å². The van der Waals surface area contributed by atoms with Crippen molar-refractivity contribution in [3.05, 3.63) is 47.5 Å². The molecule has 2 rings (SSSR count). The Bertz CT molecular complexity index is 579. The molecule has 0 bridgehead atoms. The molecule has 0 aromatic heterocycles. The van der Waals surface area contributed by atoms with E-state index < -0.39 is 18.0 Å². The molecule has 6 nitrogen and oxygen atoms in total. The normalized spacial score (nSPS) is 14.4. The highest BCUT2D eigenvalue weighted by atomic mass is 16.5. The van der Waals surface area contributed by atoms with Crippen LogP contribution in [-0.4, -0.2) is 36.5 Å². The van der Waals surface area contributed by atoms with E-state index in [0.29, 0.717) is 6.42 Å². The molecule has 110 valence electrons. The van der Waals surface area contributed by atoms with Crippen molar-refractivity contribution in [2.75, 3.05) is 13.7 Å². The lowest BCUT2D eigenvalue weighted by Gasteiger charge is -2.23. The van der Waals surface area contributed by atoms with Crippen LogP contribution in [0.25, 0.3) is 0 Å². The van der Waals surface area contributed by atoms with E-state index in [0.717, 1.165) is 10.5 Å². The molecule has 0 aliphatic carbocycles. The van der Waals surface area contributed by atoms with Gasteiger partial charge in [-0.2, -0.15) is 0 Å². The number of amides is 2. The highest BCUT2D eigenvalue weighted by Gasteiger charge is 2.32. The number of methoxy groups -OCH3 is 1. The van der Waals surface area contributed by atoms with Gasteiger partial charge in [0.1, 0.15) is 12.2 Å². The molecular formula is C15H15NO5. The lowest BCUT2D eigenvalue weighted by atomic mass is 10.1. The lowest BCUT2D eigenvalue weighted by Crippen LogP contribution is -2.42. The van der Waals surface area contributed by atoms with E-state index in [1.807, 2.05) is 30.3 Å². The minimum atomic E-state index is -0.776. The molecule has 0 saturated carbocycles. The van der Waals surface area contributed by atoms with E-state index in [-0.39, 0.29) is 18.7 Å². The molecule has 1 aromatic rings. The zero-order valence-electron chi connectivity index (χ0n) is 11.6. The van der Waals surface area contributed by atoms with Crippen molar-refractivity contribution in [1.82, 2.24) is 4.90 Å². The number of benzene rings is 1. The van der Waals surface area contributed by atoms with Gasteiger partial charge in [0.05, 0.1) is 7.11 Å². The van der Waals surface area contributed by atoms with Crippen molar-refractivity contribution >= 4 is 18.0 Å². The number of rotatable bonds is 3. The second-order valence-electron chi connectivity index (χ2n) is 4.40. The summed E-state index contributed by atoms with van der Waals surface area (Å²) in [6.07, 6.45) is 1.10. The Balaban J connectivity index is 2.00. The number of hydrogen-bond acceptors (Lipinski definition) is 5. The number of nitrogens with zero attached hydrogens (tertiary/aromatic N) is 1. The minimum absolute atomic E-state index is 0.0719. The van der Waals surface area contributed by atoms with Crippen LogP contribution in [-0.2, 0) is 25.7 Å². The van der Waals surface area contributed by atoms with Crippen LogP contribution in [0.4, 0.5) is 4.79 Å². The number of carbonyl (C=O) groups is 3. The summed E-state index contributed by atoms with van der Waals surface area (Å²) in [6.45, 7) is 0.267. The van der Waals surface area contributed by atoms with E-state index in [1.54, 1.807) is 0 Å². The van der Waals surface area contributed by atoms with Gasteiger partial charge in [-0.25, -0.2) is 14.5 Å². The maximum absolute atomic E-state index is 12.0. The van der Waals surface area contributed by atoms with Gasteiger partial charge in [0.2, 0.25) is 0 Å². The predicted octanol–water partition coefficient (Wildman–Crippen LogP) is 1.65. The predicted molar refractivity (Wildman–Crippen MR) is 73.1 cm³/mol. The molecule has 1 aliphatic heterocycles. The third kappa shape index (κ3) is 3.47. The fourth-order valence-corrected chi connectivity index (χ4v) is 1.93. The molecular weight excluding hydrogens is 274 g/mol. The first-order chi connectivity index (χ1) is 10.1. The Morgan fingerprint density at radius 2 is 1.95 bits per heavy atom. The maximum atomic E-state index is 12.0. The average molecular weight is 289 g/mol. The maximum Gasteiger partial charge on any atom is 0.416 e. The molecule has 0 radical (unpaired) electrons. The van der Waals surface area contributed by atoms with Gasteiger partial charge in [-0.15, -0.1) is 0 Å². The van der Waals surface area contributed by atoms with Crippen LogP contribution in [0, 0.1) is 0 Å². The van der Waals surface area contributed by atoms with Crippen molar-refractivity contribution in [3.8, 4) is 0 Å². The molecule has 1 heterocycles. The summed E-state index contributed by atoms with van der Waals surface area (Å²) in [6, 6.07) is 9.13. The fourth-order valence-electron chi connectivity index (χ4n) is 1.93. The smallest absolute Gasteiger partial charge is 0.416 e. The van der Waals surface area contributed by atoms with Crippen LogP contribution in [0.5, 0.6) is 0 Å². The fraction of sp³-hybridized carbons (Fsp3) is 0.267. The van der Waals surface area contributed by atoms with E-state index in [9.17, 15) is 14.4 Å². The van der Waals surface area contributed by atoms with Gasteiger partial charge in [0, 0.05) is 6.54 Å². The molecule has 0 saturated heterocycles. The molecule has 6 heteroatoms. The van der Waals surface area contributed by atoms with Crippen molar-refractivity contribution in [3.63, 3.8) is 0 Å². The summed E-state index contributed by atoms with van der Waals surface area (Å²) in [5, 5.41) is 0. The zero-order valence-corrected chi connectivity index (χ0v) is 11.6. The molecule has 0 spiro atoms. The molecule has 0 unspecified atom stereocenters. The molecule has 1 aliphatic rings. The highest BCUT2D eigenvalue weighted by molar-refractivity contribution is 6.19. The first kappa shape index (κ1) is 14.8. The molecule has 1 aromatic carbocycles. The standard InChI is InChI=1S/C15H15NO5/c1-20-15(19)16-9-5-8-12(13(16)17)14(18)21-10-11-6-3-2-4-7-11/h2-4,6-8H,5,9-10H2,1H3. The Morgan fingerprint density at radius 3 is 2.62 bits per heavy atom. The van der Waals surface area contributed by atoms with Crippen molar-refractivity contribution in [1.29, 1.82) is 0 Å². The molecule has 0 fully saturated rings. The largest absolute Gasteiger partial charge is 0.457 e. The van der Waals surface area contributed by atoms with Gasteiger partial charge in [0.25, 0.3) is 5.91 Å². The lowest BCUT2D eigenvalue weighted by molar-refractivity contribution is -0.143. The van der Waals surface area contributed by atoms with Crippen LogP contribution < -0.4 is 0 Å². The van der Waals surface area contributed by atoms with Gasteiger partial charge in [-0.3, -0.25) is 4.79 Å². The van der Waals surface area contributed by atoms with E-state index in [1.165, 1.54) is 13.2 Å². The third-order valence-electron chi connectivity index (χ3n) is 3.00. The van der Waals surface area contributed by atoms with Crippen LogP contribution in [0.1, 0.15) is 12.0 Å². The molecule has 21 heavy (non-hydrogen) atoms. The van der Waals surface area contributed by atoms with Crippen LogP contribution >= 0.6 is 0 Å². The number of imide groups is 1. The Labute approximate surface area is 121 Å². The number of ether oxygens (including phenoxy) is 2. The Hall–Kier alpha value is -2.63. The first-order valence-electron chi connectivity index (χ1n) is 6.44. The Kier molecular flexibility index (Phi) is 4.71. The average Bonchev–Trinajstić information content (AvgIpc) is 2.53. The monoisotopic (exact) mass is 289 g/mol. The zero-order chi connectivity index (χ0) is 15.2. The van der Waals surface area contributed by atoms with Crippen LogP contribution in [0.3, 0.4) is 0 Å². The van der Waals surface area contributed by atoms with Crippen molar-refractivity contribution in [2.45, 2.75) is 13.0 Å².